The number of amides is 2. The molecule has 0 radical (unpaired) electrons. The van der Waals surface area contributed by atoms with Gasteiger partial charge in [0.25, 0.3) is 5.91 Å². The summed E-state index contributed by atoms with van der Waals surface area (Å²) >= 11 is 1.59. The van der Waals surface area contributed by atoms with Crippen LogP contribution in [-0.2, 0) is 16.0 Å². The molecule has 2 heterocycles. The zero-order chi connectivity index (χ0) is 29.7. The SMILES string of the molecule is CSCC[C@H](NC(=O)OC(C)(C)C)C(=O)N/N=c1\cc(-c2ccccc2)c2cc3c(cc2o1)OC1(CCCCC1)CC3. The molecule has 224 valence electrons. The van der Waals surface area contributed by atoms with Crippen LogP contribution in [0.5, 0.6) is 5.75 Å². The van der Waals surface area contributed by atoms with Crippen LogP contribution in [0.4, 0.5) is 4.79 Å². The van der Waals surface area contributed by atoms with Crippen LogP contribution in [0.3, 0.4) is 0 Å². The van der Waals surface area contributed by atoms with Crippen molar-refractivity contribution in [3.8, 4) is 16.9 Å². The summed E-state index contributed by atoms with van der Waals surface area (Å²) in [4.78, 5) is 25.6. The van der Waals surface area contributed by atoms with Crippen molar-refractivity contribution in [3.63, 3.8) is 0 Å². The topological polar surface area (TPSA) is 102 Å². The van der Waals surface area contributed by atoms with Crippen molar-refractivity contribution in [2.75, 3.05) is 12.0 Å². The molecule has 1 fully saturated rings. The molecule has 1 aliphatic carbocycles. The Balaban J connectivity index is 1.47. The van der Waals surface area contributed by atoms with Crippen LogP contribution in [-0.4, -0.2) is 41.3 Å². The highest BCUT2D eigenvalue weighted by molar-refractivity contribution is 7.98. The normalized spacial score (nSPS) is 17.3. The molecule has 1 atom stereocenters. The number of rotatable bonds is 7. The first-order valence-electron chi connectivity index (χ1n) is 14.8. The lowest BCUT2D eigenvalue weighted by molar-refractivity contribution is -0.123. The second-order valence-electron chi connectivity index (χ2n) is 12.2. The maximum Gasteiger partial charge on any atom is 0.408 e. The molecule has 42 heavy (non-hydrogen) atoms. The van der Waals surface area contributed by atoms with E-state index in [1.54, 1.807) is 32.5 Å². The summed E-state index contributed by atoms with van der Waals surface area (Å²) in [6, 6.07) is 15.3. The monoisotopic (exact) mass is 591 g/mol. The maximum absolute atomic E-state index is 13.2. The molecule has 0 unspecified atom stereocenters. The number of nitrogens with zero attached hydrogens (tertiary/aromatic N) is 1. The first kappa shape index (κ1) is 30.0. The third-order valence-corrected chi connectivity index (χ3v) is 8.50. The van der Waals surface area contributed by atoms with Crippen LogP contribution in [0.15, 0.2) is 58.0 Å². The fraction of sp³-hybridized carbons (Fsp3) is 0.485. The summed E-state index contributed by atoms with van der Waals surface area (Å²) in [5.74, 6) is 1.11. The van der Waals surface area contributed by atoms with E-state index in [1.165, 1.54) is 24.8 Å². The van der Waals surface area contributed by atoms with Gasteiger partial charge < -0.3 is 19.2 Å². The standard InChI is InChI=1S/C33H41N3O5S/c1-32(2,3)41-31(38)34-26(14-18-42-4)30(37)36-35-29-20-24(22-11-7-5-8-12-22)25-19-23-13-17-33(15-9-6-10-16-33)40-27(23)21-28(25)39-29/h5,7-8,11-12,19-21,26H,6,9-10,13-18H2,1-4H3,(H,34,38)(H,36,37)/b35-29+/t26-/m0/s1. The van der Waals surface area contributed by atoms with Crippen LogP contribution < -0.4 is 21.0 Å². The molecule has 3 aromatic rings. The number of thioether (sulfide) groups is 1. The number of carbonyl (C=O) groups is 2. The third-order valence-electron chi connectivity index (χ3n) is 7.86. The average molecular weight is 592 g/mol. The number of fused-ring (bicyclic) bond motifs is 2. The molecule has 1 aliphatic heterocycles. The van der Waals surface area contributed by atoms with Gasteiger partial charge in [0.05, 0.1) is 0 Å². The molecule has 8 nitrogen and oxygen atoms in total. The highest BCUT2D eigenvalue weighted by Gasteiger charge is 2.37. The van der Waals surface area contributed by atoms with Gasteiger partial charge in [-0.3, -0.25) is 4.79 Å². The van der Waals surface area contributed by atoms with E-state index in [1.807, 2.05) is 48.7 Å². The Labute approximate surface area is 251 Å². The molecular formula is C33H41N3O5S. The molecule has 0 bridgehead atoms. The number of alkyl carbamates (subject to hydrolysis) is 1. The fourth-order valence-electron chi connectivity index (χ4n) is 5.78. The zero-order valence-corrected chi connectivity index (χ0v) is 25.8. The van der Waals surface area contributed by atoms with Crippen molar-refractivity contribution in [1.29, 1.82) is 0 Å². The van der Waals surface area contributed by atoms with Gasteiger partial charge in [0.1, 0.15) is 28.6 Å². The van der Waals surface area contributed by atoms with Crippen LogP contribution in [0.25, 0.3) is 22.1 Å². The molecule has 0 saturated heterocycles. The first-order valence-corrected chi connectivity index (χ1v) is 16.2. The number of carbonyl (C=O) groups excluding carboxylic acids is 2. The van der Waals surface area contributed by atoms with E-state index in [0.29, 0.717) is 17.8 Å². The molecule has 5 rings (SSSR count). The average Bonchev–Trinajstić information content (AvgIpc) is 2.96. The predicted octanol–water partition coefficient (Wildman–Crippen LogP) is 6.71. The number of hydrogen-bond acceptors (Lipinski definition) is 7. The Morgan fingerprint density at radius 2 is 1.83 bits per heavy atom. The van der Waals surface area contributed by atoms with Crippen LogP contribution >= 0.6 is 11.8 Å². The summed E-state index contributed by atoms with van der Waals surface area (Å²) in [6.45, 7) is 5.34. The zero-order valence-electron chi connectivity index (χ0n) is 25.0. The van der Waals surface area contributed by atoms with E-state index in [4.69, 9.17) is 13.9 Å². The van der Waals surface area contributed by atoms with Gasteiger partial charge in [0.15, 0.2) is 0 Å². The number of aryl methyl sites for hydroxylation is 1. The molecule has 2 amide bonds. The Kier molecular flexibility index (Phi) is 9.16. The van der Waals surface area contributed by atoms with Gasteiger partial charge in [-0.25, -0.2) is 10.2 Å². The number of hydrogen-bond donors (Lipinski definition) is 2. The second kappa shape index (κ2) is 12.8. The summed E-state index contributed by atoms with van der Waals surface area (Å²) in [5, 5.41) is 7.99. The van der Waals surface area contributed by atoms with Gasteiger partial charge in [0.2, 0.25) is 5.55 Å². The Hall–Kier alpha value is -3.46. The van der Waals surface area contributed by atoms with Crippen molar-refractivity contribution in [1.82, 2.24) is 10.7 Å². The molecule has 2 N–H and O–H groups in total. The Bertz CT molecular complexity index is 1490. The Morgan fingerprint density at radius 3 is 2.55 bits per heavy atom. The summed E-state index contributed by atoms with van der Waals surface area (Å²) in [6.07, 6.45) is 9.60. The molecule has 1 saturated carbocycles. The number of benzene rings is 2. The minimum atomic E-state index is -0.808. The Morgan fingerprint density at radius 1 is 1.07 bits per heavy atom. The van der Waals surface area contributed by atoms with Crippen molar-refractivity contribution in [3.05, 3.63) is 59.6 Å². The van der Waals surface area contributed by atoms with Crippen molar-refractivity contribution in [2.24, 2.45) is 5.10 Å². The number of ether oxygens (including phenoxy) is 2. The minimum absolute atomic E-state index is 0.0793. The lowest BCUT2D eigenvalue weighted by Gasteiger charge is -2.41. The van der Waals surface area contributed by atoms with E-state index in [-0.39, 0.29) is 11.2 Å². The number of nitrogens with one attached hydrogen (secondary N) is 2. The van der Waals surface area contributed by atoms with Crippen molar-refractivity contribution in [2.45, 2.75) is 89.4 Å². The maximum atomic E-state index is 13.2. The van der Waals surface area contributed by atoms with Crippen LogP contribution in [0.2, 0.25) is 0 Å². The highest BCUT2D eigenvalue weighted by Crippen LogP contribution is 2.43. The third kappa shape index (κ3) is 7.30. The quantitative estimate of drug-likeness (QED) is 0.296. The highest BCUT2D eigenvalue weighted by atomic mass is 32.2. The van der Waals surface area contributed by atoms with Gasteiger partial charge in [0, 0.05) is 17.5 Å². The van der Waals surface area contributed by atoms with Gasteiger partial charge in [-0.2, -0.15) is 11.8 Å². The van der Waals surface area contributed by atoms with Gasteiger partial charge in [-0.15, -0.1) is 5.10 Å². The van der Waals surface area contributed by atoms with E-state index in [0.717, 1.165) is 47.9 Å². The molecule has 9 heteroatoms. The predicted molar refractivity (Wildman–Crippen MR) is 166 cm³/mol. The largest absolute Gasteiger partial charge is 0.487 e. The molecule has 2 aromatic carbocycles. The lowest BCUT2D eigenvalue weighted by Crippen LogP contribution is -2.47. The van der Waals surface area contributed by atoms with Crippen LogP contribution in [0, 0.1) is 0 Å². The van der Waals surface area contributed by atoms with E-state index < -0.39 is 23.6 Å². The van der Waals surface area contributed by atoms with Gasteiger partial charge in [-0.05, 0) is 100 Å². The molecule has 1 aromatic heterocycles. The summed E-state index contributed by atoms with van der Waals surface area (Å²) in [7, 11) is 0. The molecule has 2 aliphatic rings. The first-order chi connectivity index (χ1) is 20.1. The van der Waals surface area contributed by atoms with Crippen molar-refractivity contribution >= 4 is 34.7 Å². The van der Waals surface area contributed by atoms with Gasteiger partial charge >= 0.3 is 6.09 Å². The van der Waals surface area contributed by atoms with E-state index in [9.17, 15) is 9.59 Å². The van der Waals surface area contributed by atoms with Crippen molar-refractivity contribution < 1.29 is 23.5 Å². The van der Waals surface area contributed by atoms with Gasteiger partial charge in [-0.1, -0.05) is 36.8 Å². The minimum Gasteiger partial charge on any atom is -0.487 e. The van der Waals surface area contributed by atoms with E-state index in [2.05, 4.69) is 21.9 Å². The fourth-order valence-corrected chi connectivity index (χ4v) is 6.26. The smallest absolute Gasteiger partial charge is 0.408 e. The molecule has 1 spiro atoms. The lowest BCUT2D eigenvalue weighted by atomic mass is 9.79. The second-order valence-corrected chi connectivity index (χ2v) is 13.2. The van der Waals surface area contributed by atoms with Crippen LogP contribution in [0.1, 0.15) is 71.3 Å². The van der Waals surface area contributed by atoms with E-state index >= 15 is 0 Å². The molecular weight excluding hydrogens is 550 g/mol. The summed E-state index contributed by atoms with van der Waals surface area (Å²) in [5.41, 5.74) is 5.91. The summed E-state index contributed by atoms with van der Waals surface area (Å²) < 4.78 is 18.3.